The predicted octanol–water partition coefficient (Wildman–Crippen LogP) is 1.60. The maximum absolute atomic E-state index is 12.0. The Bertz CT molecular complexity index is 271. The zero-order chi connectivity index (χ0) is 14.4. The fourth-order valence-electron chi connectivity index (χ4n) is 2.82. The fraction of sp³-hybridized carbons (Fsp3) is 0.933. The smallest absolute Gasteiger partial charge is 0.234 e. The van der Waals surface area contributed by atoms with E-state index in [0.717, 1.165) is 32.4 Å². The van der Waals surface area contributed by atoms with Crippen LogP contribution in [0.4, 0.5) is 0 Å². The van der Waals surface area contributed by atoms with Crippen LogP contribution in [0.25, 0.3) is 0 Å². The van der Waals surface area contributed by atoms with E-state index in [0.29, 0.717) is 18.4 Å². The third-order valence-corrected chi connectivity index (χ3v) is 3.72. The van der Waals surface area contributed by atoms with Gasteiger partial charge in [0.15, 0.2) is 0 Å². The third kappa shape index (κ3) is 6.92. The van der Waals surface area contributed by atoms with Crippen molar-refractivity contribution in [1.29, 1.82) is 0 Å². The molecular formula is C15H31N3O. The van der Waals surface area contributed by atoms with Gasteiger partial charge in [-0.25, -0.2) is 0 Å². The molecule has 1 fully saturated rings. The van der Waals surface area contributed by atoms with Gasteiger partial charge in [-0.05, 0) is 38.0 Å². The molecule has 4 heteroatoms. The maximum atomic E-state index is 12.0. The van der Waals surface area contributed by atoms with E-state index >= 15 is 0 Å². The molecular weight excluding hydrogens is 238 g/mol. The van der Waals surface area contributed by atoms with Gasteiger partial charge in [-0.2, -0.15) is 0 Å². The van der Waals surface area contributed by atoms with E-state index in [9.17, 15) is 4.79 Å². The lowest BCUT2D eigenvalue weighted by molar-refractivity contribution is -0.123. The van der Waals surface area contributed by atoms with Gasteiger partial charge in [0.25, 0.3) is 0 Å². The van der Waals surface area contributed by atoms with E-state index in [2.05, 4.69) is 37.9 Å². The third-order valence-electron chi connectivity index (χ3n) is 3.72. The normalized spacial score (nSPS) is 26.4. The van der Waals surface area contributed by atoms with Gasteiger partial charge in [0.1, 0.15) is 0 Å². The van der Waals surface area contributed by atoms with E-state index in [1.165, 1.54) is 0 Å². The Hall–Kier alpha value is -0.610. The van der Waals surface area contributed by atoms with Crippen molar-refractivity contribution in [2.24, 2.45) is 17.6 Å². The minimum atomic E-state index is 0.137. The number of piperidine rings is 1. The van der Waals surface area contributed by atoms with Crippen LogP contribution in [0.1, 0.15) is 47.0 Å². The second-order valence-corrected chi connectivity index (χ2v) is 6.73. The maximum Gasteiger partial charge on any atom is 0.234 e. The van der Waals surface area contributed by atoms with Crippen molar-refractivity contribution in [3.8, 4) is 0 Å². The summed E-state index contributed by atoms with van der Waals surface area (Å²) in [5, 5.41) is 3.09. The Labute approximate surface area is 118 Å². The standard InChI is InChI=1S/C15H31N3O/c1-11(2)5-6-13(4)17-15(19)10-18-8-12(3)7-14(16)9-18/h11-14H,5-10,16H2,1-4H3,(H,17,19). The van der Waals surface area contributed by atoms with E-state index < -0.39 is 0 Å². The van der Waals surface area contributed by atoms with Crippen LogP contribution in [0.2, 0.25) is 0 Å². The SMILES string of the molecule is CC(C)CCC(C)NC(=O)CN1CC(C)CC(N)C1. The van der Waals surface area contributed by atoms with Gasteiger partial charge in [-0.15, -0.1) is 0 Å². The molecule has 0 aromatic carbocycles. The Kier molecular flexibility index (Phi) is 6.80. The molecule has 19 heavy (non-hydrogen) atoms. The Morgan fingerprint density at radius 1 is 1.32 bits per heavy atom. The van der Waals surface area contributed by atoms with Crippen molar-refractivity contribution in [2.75, 3.05) is 19.6 Å². The summed E-state index contributed by atoms with van der Waals surface area (Å²) >= 11 is 0. The summed E-state index contributed by atoms with van der Waals surface area (Å²) in [7, 11) is 0. The second-order valence-electron chi connectivity index (χ2n) is 6.73. The molecule has 0 aromatic heterocycles. The monoisotopic (exact) mass is 269 g/mol. The fourth-order valence-corrected chi connectivity index (χ4v) is 2.82. The van der Waals surface area contributed by atoms with Gasteiger partial charge >= 0.3 is 0 Å². The van der Waals surface area contributed by atoms with E-state index in [1.807, 2.05) is 0 Å². The van der Waals surface area contributed by atoms with Gasteiger partial charge in [0, 0.05) is 25.2 Å². The number of rotatable bonds is 6. The Morgan fingerprint density at radius 2 is 2.00 bits per heavy atom. The minimum absolute atomic E-state index is 0.137. The van der Waals surface area contributed by atoms with Gasteiger partial charge in [0.05, 0.1) is 6.54 Å². The van der Waals surface area contributed by atoms with E-state index in [1.54, 1.807) is 0 Å². The summed E-state index contributed by atoms with van der Waals surface area (Å²) in [4.78, 5) is 14.2. The van der Waals surface area contributed by atoms with Crippen LogP contribution >= 0.6 is 0 Å². The first-order valence-corrected chi connectivity index (χ1v) is 7.64. The molecule has 4 nitrogen and oxygen atoms in total. The largest absolute Gasteiger partial charge is 0.353 e. The molecule has 1 saturated heterocycles. The summed E-state index contributed by atoms with van der Waals surface area (Å²) in [6, 6.07) is 0.487. The zero-order valence-electron chi connectivity index (χ0n) is 13.0. The number of nitrogens with two attached hydrogens (primary N) is 1. The molecule has 1 aliphatic heterocycles. The van der Waals surface area contributed by atoms with Gasteiger partial charge < -0.3 is 11.1 Å². The average molecular weight is 269 g/mol. The number of nitrogens with zero attached hydrogens (tertiary/aromatic N) is 1. The number of carbonyl (C=O) groups is 1. The number of amides is 1. The molecule has 0 aliphatic carbocycles. The van der Waals surface area contributed by atoms with Crippen LogP contribution < -0.4 is 11.1 Å². The first-order valence-electron chi connectivity index (χ1n) is 7.64. The van der Waals surface area contributed by atoms with E-state index in [4.69, 9.17) is 5.73 Å². The lowest BCUT2D eigenvalue weighted by atomic mass is 9.96. The summed E-state index contributed by atoms with van der Waals surface area (Å²) in [5.41, 5.74) is 6.00. The lowest BCUT2D eigenvalue weighted by Crippen LogP contribution is -2.50. The molecule has 0 radical (unpaired) electrons. The van der Waals surface area contributed by atoms with Crippen molar-refractivity contribution in [3.63, 3.8) is 0 Å². The molecule has 1 heterocycles. The first-order chi connectivity index (χ1) is 8.86. The zero-order valence-corrected chi connectivity index (χ0v) is 13.0. The number of nitrogens with one attached hydrogen (secondary N) is 1. The van der Waals surface area contributed by atoms with Crippen LogP contribution in [-0.4, -0.2) is 42.5 Å². The second kappa shape index (κ2) is 7.85. The summed E-state index contributed by atoms with van der Waals surface area (Å²) in [6.45, 7) is 11.0. The minimum Gasteiger partial charge on any atom is -0.353 e. The van der Waals surface area contributed by atoms with E-state index in [-0.39, 0.29) is 18.0 Å². The highest BCUT2D eigenvalue weighted by Gasteiger charge is 2.23. The van der Waals surface area contributed by atoms with Crippen molar-refractivity contribution < 1.29 is 4.79 Å². The number of carbonyl (C=O) groups excluding carboxylic acids is 1. The summed E-state index contributed by atoms with van der Waals surface area (Å²) in [6.07, 6.45) is 3.29. The van der Waals surface area contributed by atoms with Crippen LogP contribution in [0.5, 0.6) is 0 Å². The highest BCUT2D eigenvalue weighted by atomic mass is 16.2. The van der Waals surface area contributed by atoms with Crippen molar-refractivity contribution in [3.05, 3.63) is 0 Å². The van der Waals surface area contributed by atoms with Gasteiger partial charge in [0.2, 0.25) is 5.91 Å². The molecule has 0 aromatic rings. The predicted molar refractivity (Wildman–Crippen MR) is 79.9 cm³/mol. The Morgan fingerprint density at radius 3 is 2.58 bits per heavy atom. The molecule has 3 unspecified atom stereocenters. The van der Waals surface area contributed by atoms with Crippen LogP contribution in [0, 0.1) is 11.8 Å². The molecule has 3 N–H and O–H groups in total. The summed E-state index contributed by atoms with van der Waals surface area (Å²) < 4.78 is 0. The molecule has 3 atom stereocenters. The molecule has 1 rings (SSSR count). The topological polar surface area (TPSA) is 58.4 Å². The first kappa shape index (κ1) is 16.4. The number of likely N-dealkylation sites (tertiary alicyclic amines) is 1. The number of hydrogen-bond donors (Lipinski definition) is 2. The van der Waals surface area contributed by atoms with Crippen molar-refractivity contribution >= 4 is 5.91 Å². The van der Waals surface area contributed by atoms with Crippen molar-refractivity contribution in [2.45, 2.75) is 59.0 Å². The molecule has 0 saturated carbocycles. The summed E-state index contributed by atoms with van der Waals surface area (Å²) in [5.74, 6) is 1.42. The number of hydrogen-bond acceptors (Lipinski definition) is 3. The lowest BCUT2D eigenvalue weighted by Gasteiger charge is -2.34. The van der Waals surface area contributed by atoms with Gasteiger partial charge in [-0.1, -0.05) is 20.8 Å². The van der Waals surface area contributed by atoms with Crippen LogP contribution in [0.15, 0.2) is 0 Å². The highest BCUT2D eigenvalue weighted by molar-refractivity contribution is 5.78. The highest BCUT2D eigenvalue weighted by Crippen LogP contribution is 2.14. The quantitative estimate of drug-likeness (QED) is 0.770. The van der Waals surface area contributed by atoms with Crippen LogP contribution in [-0.2, 0) is 4.79 Å². The van der Waals surface area contributed by atoms with Crippen molar-refractivity contribution in [1.82, 2.24) is 10.2 Å². The average Bonchev–Trinajstić information content (AvgIpc) is 2.24. The molecule has 1 amide bonds. The molecule has 1 aliphatic rings. The van der Waals surface area contributed by atoms with Gasteiger partial charge in [-0.3, -0.25) is 9.69 Å². The molecule has 0 spiro atoms. The molecule has 112 valence electrons. The Balaban J connectivity index is 2.26. The molecule has 0 bridgehead atoms. The van der Waals surface area contributed by atoms with Crippen LogP contribution in [0.3, 0.4) is 0 Å².